The molecular formula is C11H9F3N4. The van der Waals surface area contributed by atoms with Crippen molar-refractivity contribution in [2.24, 2.45) is 0 Å². The molecule has 0 atom stereocenters. The number of hydrogen-bond acceptors (Lipinski definition) is 4. The summed E-state index contributed by atoms with van der Waals surface area (Å²) in [5.74, 6) is -2.48. The maximum atomic E-state index is 13.4. The van der Waals surface area contributed by atoms with Crippen LogP contribution in [0.4, 0.5) is 30.5 Å². The largest absolute Gasteiger partial charge is 0.372 e. The fraction of sp³-hybridized carbons (Fsp3) is 0.0909. The molecule has 4 nitrogen and oxygen atoms in total. The van der Waals surface area contributed by atoms with Crippen molar-refractivity contribution in [1.29, 1.82) is 0 Å². The highest BCUT2D eigenvalue weighted by atomic mass is 19.1. The number of benzene rings is 1. The van der Waals surface area contributed by atoms with E-state index in [1.165, 1.54) is 12.4 Å². The van der Waals surface area contributed by atoms with E-state index in [4.69, 9.17) is 0 Å². The monoisotopic (exact) mass is 254 g/mol. The molecule has 2 rings (SSSR count). The Morgan fingerprint density at radius 2 is 1.61 bits per heavy atom. The molecule has 7 heteroatoms. The van der Waals surface area contributed by atoms with E-state index in [0.717, 1.165) is 0 Å². The molecule has 0 unspecified atom stereocenters. The van der Waals surface area contributed by atoms with Gasteiger partial charge in [-0.15, -0.1) is 0 Å². The molecule has 0 radical (unpaired) electrons. The maximum Gasteiger partial charge on any atom is 0.152 e. The number of nitrogens with zero attached hydrogens (tertiary/aromatic N) is 2. The van der Waals surface area contributed by atoms with Crippen molar-refractivity contribution in [1.82, 2.24) is 9.97 Å². The lowest BCUT2D eigenvalue weighted by Gasteiger charge is -2.08. The van der Waals surface area contributed by atoms with E-state index < -0.39 is 23.1 Å². The lowest BCUT2D eigenvalue weighted by Crippen LogP contribution is -2.02. The van der Waals surface area contributed by atoms with Gasteiger partial charge in [-0.25, -0.2) is 18.2 Å². The Morgan fingerprint density at radius 1 is 1.00 bits per heavy atom. The van der Waals surface area contributed by atoms with Crippen LogP contribution in [0.25, 0.3) is 0 Å². The van der Waals surface area contributed by atoms with Crippen molar-refractivity contribution in [3.8, 4) is 0 Å². The zero-order chi connectivity index (χ0) is 13.1. The summed E-state index contributed by atoms with van der Waals surface area (Å²) in [6.07, 6.45) is 2.74. The fourth-order valence-electron chi connectivity index (χ4n) is 1.34. The minimum absolute atomic E-state index is 0.145. The molecule has 0 saturated heterocycles. The van der Waals surface area contributed by atoms with Crippen LogP contribution in [0.5, 0.6) is 0 Å². The Kier molecular flexibility index (Phi) is 3.31. The quantitative estimate of drug-likeness (QED) is 0.884. The van der Waals surface area contributed by atoms with E-state index in [0.29, 0.717) is 18.0 Å². The first-order valence-corrected chi connectivity index (χ1v) is 5.01. The minimum atomic E-state index is -1.04. The SMILES string of the molecule is CNc1cncc(Nc2c(F)cc(F)cc2F)n1. The third kappa shape index (κ3) is 2.50. The van der Waals surface area contributed by atoms with Crippen molar-refractivity contribution in [3.05, 3.63) is 42.0 Å². The summed E-state index contributed by atoms with van der Waals surface area (Å²) >= 11 is 0. The maximum absolute atomic E-state index is 13.4. The second kappa shape index (κ2) is 4.91. The highest BCUT2D eigenvalue weighted by molar-refractivity contribution is 5.58. The first-order chi connectivity index (χ1) is 8.60. The van der Waals surface area contributed by atoms with E-state index >= 15 is 0 Å². The van der Waals surface area contributed by atoms with Crippen LogP contribution in [0, 0.1) is 17.5 Å². The van der Waals surface area contributed by atoms with Gasteiger partial charge in [-0.2, -0.15) is 0 Å². The summed E-state index contributed by atoms with van der Waals surface area (Å²) in [5, 5.41) is 5.14. The lowest BCUT2D eigenvalue weighted by molar-refractivity contribution is 0.548. The highest BCUT2D eigenvalue weighted by Gasteiger charge is 2.12. The van der Waals surface area contributed by atoms with Gasteiger partial charge in [-0.05, 0) is 0 Å². The van der Waals surface area contributed by atoms with Crippen LogP contribution in [0.3, 0.4) is 0 Å². The predicted molar refractivity (Wildman–Crippen MR) is 61.2 cm³/mol. The number of halogens is 3. The Labute approximate surface area is 101 Å². The summed E-state index contributed by atoms with van der Waals surface area (Å²) < 4.78 is 39.5. The first-order valence-electron chi connectivity index (χ1n) is 5.01. The lowest BCUT2D eigenvalue weighted by atomic mass is 10.3. The standard InChI is InChI=1S/C11H9F3N4/c1-15-9-4-16-5-10(17-9)18-11-7(13)2-6(12)3-8(11)14/h2-5H,1H3,(H2,15,17,18). The van der Waals surface area contributed by atoms with Gasteiger partial charge < -0.3 is 10.6 Å². The molecular weight excluding hydrogens is 245 g/mol. The van der Waals surface area contributed by atoms with Gasteiger partial charge in [0.15, 0.2) is 17.5 Å². The Bertz CT molecular complexity index is 551. The molecule has 0 fully saturated rings. The molecule has 18 heavy (non-hydrogen) atoms. The average molecular weight is 254 g/mol. The molecule has 0 aliphatic carbocycles. The Balaban J connectivity index is 2.33. The molecule has 1 heterocycles. The molecule has 94 valence electrons. The summed E-state index contributed by atoms with van der Waals surface area (Å²) in [4.78, 5) is 7.80. The second-order valence-corrected chi connectivity index (χ2v) is 3.41. The summed E-state index contributed by atoms with van der Waals surface area (Å²) in [5.41, 5.74) is -0.473. The van der Waals surface area contributed by atoms with Crippen molar-refractivity contribution in [2.75, 3.05) is 17.7 Å². The van der Waals surface area contributed by atoms with Gasteiger partial charge in [0, 0.05) is 19.2 Å². The highest BCUT2D eigenvalue weighted by Crippen LogP contribution is 2.23. The van der Waals surface area contributed by atoms with Gasteiger partial charge in [0.25, 0.3) is 0 Å². The summed E-state index contributed by atoms with van der Waals surface area (Å²) in [7, 11) is 1.63. The number of hydrogen-bond donors (Lipinski definition) is 2. The van der Waals surface area contributed by atoms with Gasteiger partial charge >= 0.3 is 0 Å². The molecule has 0 saturated carbocycles. The first kappa shape index (κ1) is 12.2. The van der Waals surface area contributed by atoms with Crippen LogP contribution < -0.4 is 10.6 Å². The van der Waals surface area contributed by atoms with Crippen molar-refractivity contribution >= 4 is 17.3 Å². The van der Waals surface area contributed by atoms with E-state index in [1.54, 1.807) is 7.05 Å². The number of aromatic nitrogens is 2. The van der Waals surface area contributed by atoms with Gasteiger partial charge in [-0.1, -0.05) is 0 Å². The van der Waals surface area contributed by atoms with Crippen molar-refractivity contribution < 1.29 is 13.2 Å². The molecule has 0 bridgehead atoms. The third-order valence-corrected chi connectivity index (χ3v) is 2.15. The number of nitrogens with one attached hydrogen (secondary N) is 2. The molecule has 0 aliphatic rings. The van der Waals surface area contributed by atoms with E-state index in [2.05, 4.69) is 20.6 Å². The van der Waals surface area contributed by atoms with Crippen LogP contribution in [0.15, 0.2) is 24.5 Å². The zero-order valence-electron chi connectivity index (χ0n) is 9.34. The molecule has 0 aliphatic heterocycles. The molecule has 2 aromatic rings. The van der Waals surface area contributed by atoms with Gasteiger partial charge in [0.1, 0.15) is 17.3 Å². The van der Waals surface area contributed by atoms with Crippen molar-refractivity contribution in [3.63, 3.8) is 0 Å². The fourth-order valence-corrected chi connectivity index (χ4v) is 1.34. The third-order valence-electron chi connectivity index (χ3n) is 2.15. The molecule has 1 aromatic heterocycles. The summed E-state index contributed by atoms with van der Waals surface area (Å²) in [6, 6.07) is 1.17. The summed E-state index contributed by atoms with van der Waals surface area (Å²) in [6.45, 7) is 0. The Morgan fingerprint density at radius 3 is 2.22 bits per heavy atom. The second-order valence-electron chi connectivity index (χ2n) is 3.41. The topological polar surface area (TPSA) is 49.8 Å². The smallest absolute Gasteiger partial charge is 0.152 e. The zero-order valence-corrected chi connectivity index (χ0v) is 9.34. The minimum Gasteiger partial charge on any atom is -0.372 e. The van der Waals surface area contributed by atoms with Gasteiger partial charge in [0.2, 0.25) is 0 Å². The molecule has 2 N–H and O–H groups in total. The Hall–Kier alpha value is -2.31. The number of anilines is 3. The average Bonchev–Trinajstić information content (AvgIpc) is 2.34. The molecule has 0 amide bonds. The van der Waals surface area contributed by atoms with Crippen LogP contribution in [0.1, 0.15) is 0 Å². The van der Waals surface area contributed by atoms with E-state index in [1.807, 2.05) is 0 Å². The van der Waals surface area contributed by atoms with Crippen LogP contribution in [0.2, 0.25) is 0 Å². The molecule has 0 spiro atoms. The van der Waals surface area contributed by atoms with Crippen LogP contribution >= 0.6 is 0 Å². The number of rotatable bonds is 3. The van der Waals surface area contributed by atoms with Gasteiger partial charge in [0.05, 0.1) is 12.4 Å². The van der Waals surface area contributed by atoms with E-state index in [-0.39, 0.29) is 5.82 Å². The normalized spacial score (nSPS) is 10.2. The van der Waals surface area contributed by atoms with E-state index in [9.17, 15) is 13.2 Å². The van der Waals surface area contributed by atoms with Crippen LogP contribution in [-0.4, -0.2) is 17.0 Å². The van der Waals surface area contributed by atoms with Gasteiger partial charge in [-0.3, -0.25) is 4.98 Å². The predicted octanol–water partition coefficient (Wildman–Crippen LogP) is 2.68. The van der Waals surface area contributed by atoms with Crippen molar-refractivity contribution in [2.45, 2.75) is 0 Å². The van der Waals surface area contributed by atoms with Crippen LogP contribution in [-0.2, 0) is 0 Å². The molecule has 1 aromatic carbocycles.